The molecule has 0 aliphatic carbocycles. The van der Waals surface area contributed by atoms with Gasteiger partial charge in [0.15, 0.2) is 6.29 Å². The highest BCUT2D eigenvalue weighted by molar-refractivity contribution is 5.86. The quantitative estimate of drug-likeness (QED) is 0.680. The summed E-state index contributed by atoms with van der Waals surface area (Å²) in [5.74, 6) is -0.429. The number of carbonyl (C=O) groups excluding carboxylic acids is 1. The molecule has 3 rings (SSSR count). The maximum Gasteiger partial charge on any atom is 0.150 e. The number of benzene rings is 2. The van der Waals surface area contributed by atoms with Gasteiger partial charge in [0.1, 0.15) is 5.82 Å². The molecule has 2 aromatic carbocycles. The number of halogens is 1. The van der Waals surface area contributed by atoms with E-state index in [0.717, 1.165) is 11.4 Å². The van der Waals surface area contributed by atoms with Crippen LogP contribution < -0.4 is 0 Å². The monoisotopic (exact) mass is 266 g/mol. The standard InChI is InChI=1S/C16H11FN2O/c17-13-6-7-15(12(10-13)11-20)16-8-9-18-19(16)14-4-2-1-3-5-14/h1-11H. The first-order valence-corrected chi connectivity index (χ1v) is 6.14. The Labute approximate surface area is 115 Å². The number of aromatic nitrogens is 2. The predicted octanol–water partition coefficient (Wildman–Crippen LogP) is 3.49. The van der Waals surface area contributed by atoms with Crippen LogP contribution in [0.15, 0.2) is 60.8 Å². The molecule has 0 amide bonds. The van der Waals surface area contributed by atoms with E-state index in [1.807, 2.05) is 30.3 Å². The van der Waals surface area contributed by atoms with Gasteiger partial charge in [0.2, 0.25) is 0 Å². The van der Waals surface area contributed by atoms with Gasteiger partial charge in [0, 0.05) is 11.1 Å². The summed E-state index contributed by atoms with van der Waals surface area (Å²) in [6, 6.07) is 15.5. The van der Waals surface area contributed by atoms with E-state index in [4.69, 9.17) is 0 Å². The van der Waals surface area contributed by atoms with Crippen LogP contribution in [0.1, 0.15) is 10.4 Å². The Kier molecular flexibility index (Phi) is 3.13. The maximum absolute atomic E-state index is 13.2. The average Bonchev–Trinajstić information content (AvgIpc) is 2.97. The molecule has 0 spiro atoms. The van der Waals surface area contributed by atoms with E-state index < -0.39 is 5.82 Å². The lowest BCUT2D eigenvalue weighted by molar-refractivity contribution is 0.112. The molecule has 3 aromatic rings. The Morgan fingerprint density at radius 1 is 1.05 bits per heavy atom. The molecule has 0 bridgehead atoms. The van der Waals surface area contributed by atoms with Gasteiger partial charge in [-0.3, -0.25) is 4.79 Å². The highest BCUT2D eigenvalue weighted by Gasteiger charge is 2.11. The van der Waals surface area contributed by atoms with E-state index in [9.17, 15) is 9.18 Å². The fourth-order valence-corrected chi connectivity index (χ4v) is 2.15. The van der Waals surface area contributed by atoms with Crippen molar-refractivity contribution in [1.82, 2.24) is 9.78 Å². The minimum atomic E-state index is -0.429. The lowest BCUT2D eigenvalue weighted by Crippen LogP contribution is -2.00. The molecule has 0 atom stereocenters. The second kappa shape index (κ2) is 5.09. The first-order valence-electron chi connectivity index (χ1n) is 6.14. The zero-order valence-corrected chi connectivity index (χ0v) is 10.5. The Bertz CT molecular complexity index is 750. The zero-order chi connectivity index (χ0) is 13.9. The van der Waals surface area contributed by atoms with Crippen LogP contribution in [-0.4, -0.2) is 16.1 Å². The fraction of sp³-hybridized carbons (Fsp3) is 0. The largest absolute Gasteiger partial charge is 0.298 e. The van der Waals surface area contributed by atoms with E-state index in [-0.39, 0.29) is 0 Å². The molecule has 3 nitrogen and oxygen atoms in total. The van der Waals surface area contributed by atoms with E-state index >= 15 is 0 Å². The van der Waals surface area contributed by atoms with Gasteiger partial charge in [0.05, 0.1) is 17.6 Å². The SMILES string of the molecule is O=Cc1cc(F)ccc1-c1ccnn1-c1ccccc1. The first-order chi connectivity index (χ1) is 9.79. The Hall–Kier alpha value is -2.75. The summed E-state index contributed by atoms with van der Waals surface area (Å²) >= 11 is 0. The topological polar surface area (TPSA) is 34.9 Å². The highest BCUT2D eigenvalue weighted by atomic mass is 19.1. The summed E-state index contributed by atoms with van der Waals surface area (Å²) < 4.78 is 14.9. The van der Waals surface area contributed by atoms with Crippen LogP contribution >= 0.6 is 0 Å². The van der Waals surface area contributed by atoms with Crippen molar-refractivity contribution in [3.8, 4) is 16.9 Å². The minimum absolute atomic E-state index is 0.308. The van der Waals surface area contributed by atoms with Gasteiger partial charge >= 0.3 is 0 Å². The molecule has 0 N–H and O–H groups in total. The van der Waals surface area contributed by atoms with E-state index in [1.165, 1.54) is 12.1 Å². The predicted molar refractivity (Wildman–Crippen MR) is 74.3 cm³/mol. The minimum Gasteiger partial charge on any atom is -0.298 e. The molecule has 1 aromatic heterocycles. The van der Waals surface area contributed by atoms with Crippen LogP contribution in [0.2, 0.25) is 0 Å². The number of hydrogen-bond donors (Lipinski definition) is 0. The highest BCUT2D eigenvalue weighted by Crippen LogP contribution is 2.25. The van der Waals surface area contributed by atoms with Crippen molar-refractivity contribution in [2.75, 3.05) is 0 Å². The van der Waals surface area contributed by atoms with Crippen molar-refractivity contribution in [2.24, 2.45) is 0 Å². The summed E-state index contributed by atoms with van der Waals surface area (Å²) in [5, 5.41) is 4.27. The lowest BCUT2D eigenvalue weighted by atomic mass is 10.1. The summed E-state index contributed by atoms with van der Waals surface area (Å²) in [4.78, 5) is 11.1. The van der Waals surface area contributed by atoms with Gasteiger partial charge in [-0.1, -0.05) is 18.2 Å². The van der Waals surface area contributed by atoms with Crippen molar-refractivity contribution in [3.05, 3.63) is 72.2 Å². The van der Waals surface area contributed by atoms with Crippen LogP contribution in [-0.2, 0) is 0 Å². The van der Waals surface area contributed by atoms with Gasteiger partial charge < -0.3 is 0 Å². The number of para-hydroxylation sites is 1. The lowest BCUT2D eigenvalue weighted by Gasteiger charge is -2.09. The second-order valence-corrected chi connectivity index (χ2v) is 4.31. The molecule has 0 fully saturated rings. The van der Waals surface area contributed by atoms with Crippen molar-refractivity contribution in [2.45, 2.75) is 0 Å². The maximum atomic E-state index is 13.2. The molecule has 0 radical (unpaired) electrons. The molecule has 0 saturated carbocycles. The number of hydrogen-bond acceptors (Lipinski definition) is 2. The Morgan fingerprint density at radius 3 is 2.60 bits per heavy atom. The molecule has 0 saturated heterocycles. The third kappa shape index (κ3) is 2.12. The van der Waals surface area contributed by atoms with Gasteiger partial charge in [-0.25, -0.2) is 9.07 Å². The average molecular weight is 266 g/mol. The number of carbonyl (C=O) groups is 1. The van der Waals surface area contributed by atoms with E-state index in [1.54, 1.807) is 23.0 Å². The normalized spacial score (nSPS) is 10.4. The molecule has 4 heteroatoms. The summed E-state index contributed by atoms with van der Waals surface area (Å²) in [6.07, 6.45) is 2.31. The second-order valence-electron chi connectivity index (χ2n) is 4.31. The Balaban J connectivity index is 2.18. The third-order valence-electron chi connectivity index (χ3n) is 3.06. The fourth-order valence-electron chi connectivity index (χ4n) is 2.15. The van der Waals surface area contributed by atoms with E-state index in [2.05, 4.69) is 5.10 Å². The van der Waals surface area contributed by atoms with Crippen LogP contribution in [0.4, 0.5) is 4.39 Å². The third-order valence-corrected chi connectivity index (χ3v) is 3.06. The molecular formula is C16H11FN2O. The van der Waals surface area contributed by atoms with Crippen LogP contribution in [0.25, 0.3) is 16.9 Å². The number of rotatable bonds is 3. The molecule has 0 aliphatic heterocycles. The smallest absolute Gasteiger partial charge is 0.150 e. The molecule has 98 valence electrons. The zero-order valence-electron chi connectivity index (χ0n) is 10.5. The molecule has 0 unspecified atom stereocenters. The van der Waals surface area contributed by atoms with Gasteiger partial charge in [-0.2, -0.15) is 5.10 Å². The molecule has 1 heterocycles. The van der Waals surface area contributed by atoms with Crippen LogP contribution in [0.3, 0.4) is 0 Å². The van der Waals surface area contributed by atoms with Crippen LogP contribution in [0, 0.1) is 5.82 Å². The summed E-state index contributed by atoms with van der Waals surface area (Å²) in [6.45, 7) is 0. The van der Waals surface area contributed by atoms with Crippen LogP contribution in [0.5, 0.6) is 0 Å². The summed E-state index contributed by atoms with van der Waals surface area (Å²) in [7, 11) is 0. The van der Waals surface area contributed by atoms with Crippen molar-refractivity contribution in [3.63, 3.8) is 0 Å². The van der Waals surface area contributed by atoms with Crippen molar-refractivity contribution < 1.29 is 9.18 Å². The molecule has 0 aliphatic rings. The Morgan fingerprint density at radius 2 is 1.85 bits per heavy atom. The summed E-state index contributed by atoms with van der Waals surface area (Å²) in [5.41, 5.74) is 2.59. The molecular weight excluding hydrogens is 255 g/mol. The number of aldehydes is 1. The van der Waals surface area contributed by atoms with Gasteiger partial charge in [0.25, 0.3) is 0 Å². The van der Waals surface area contributed by atoms with Gasteiger partial charge in [-0.15, -0.1) is 0 Å². The number of nitrogens with zero attached hydrogens (tertiary/aromatic N) is 2. The van der Waals surface area contributed by atoms with E-state index in [0.29, 0.717) is 17.4 Å². The van der Waals surface area contributed by atoms with Crippen molar-refractivity contribution >= 4 is 6.29 Å². The van der Waals surface area contributed by atoms with Gasteiger partial charge in [-0.05, 0) is 36.4 Å². The molecule has 20 heavy (non-hydrogen) atoms. The van der Waals surface area contributed by atoms with Crippen molar-refractivity contribution in [1.29, 1.82) is 0 Å². The first kappa shape index (κ1) is 12.3.